The fourth-order valence-corrected chi connectivity index (χ4v) is 4.98. The van der Waals surface area contributed by atoms with E-state index in [0.717, 1.165) is 50.5 Å². The third kappa shape index (κ3) is 3.24. The van der Waals surface area contributed by atoms with Crippen LogP contribution in [0.25, 0.3) is 0 Å². The molecule has 3 aliphatic rings. The molecule has 1 spiro atoms. The van der Waals surface area contributed by atoms with Crippen molar-refractivity contribution in [1.82, 2.24) is 4.90 Å². The normalized spacial score (nSPS) is 25.7. The molecule has 2 heterocycles. The summed E-state index contributed by atoms with van der Waals surface area (Å²) >= 11 is 0. The maximum atomic E-state index is 13.8. The van der Waals surface area contributed by atoms with Crippen LogP contribution in [0, 0.1) is 17.7 Å². The van der Waals surface area contributed by atoms with Gasteiger partial charge in [0, 0.05) is 13.1 Å². The second kappa shape index (κ2) is 7.01. The van der Waals surface area contributed by atoms with Crippen LogP contribution < -0.4 is 0 Å². The minimum Gasteiger partial charge on any atom is -0.458 e. The standard InChI is InChI=1S/C21H26FNO3/c22-18-6-2-1-5-16(18)13-15-7-11-23(12-8-15)20(25)17-14-19(24)26-21(17)9-3-4-10-21/h1-2,5-6,15,17H,3-4,7-14H2/t17-/m1/s1. The summed E-state index contributed by atoms with van der Waals surface area (Å²) in [6.07, 6.45) is 6.42. The van der Waals surface area contributed by atoms with Crippen molar-refractivity contribution >= 4 is 11.9 Å². The number of halogens is 1. The van der Waals surface area contributed by atoms with Gasteiger partial charge in [0.25, 0.3) is 0 Å². The van der Waals surface area contributed by atoms with Crippen molar-refractivity contribution in [1.29, 1.82) is 0 Å². The molecule has 0 unspecified atom stereocenters. The highest BCUT2D eigenvalue weighted by Gasteiger charge is 2.54. The molecular formula is C21H26FNO3. The Kier molecular flexibility index (Phi) is 4.72. The Morgan fingerprint density at radius 1 is 1.19 bits per heavy atom. The van der Waals surface area contributed by atoms with Crippen molar-refractivity contribution in [2.24, 2.45) is 11.8 Å². The average Bonchev–Trinajstić information content (AvgIpc) is 3.24. The molecule has 26 heavy (non-hydrogen) atoms. The minimum absolute atomic E-state index is 0.0853. The first-order valence-electron chi connectivity index (χ1n) is 9.81. The average molecular weight is 359 g/mol. The number of piperidine rings is 1. The van der Waals surface area contributed by atoms with Gasteiger partial charge in [0.2, 0.25) is 5.91 Å². The van der Waals surface area contributed by atoms with Gasteiger partial charge in [0.1, 0.15) is 11.4 Å². The lowest BCUT2D eigenvalue weighted by molar-refractivity contribution is -0.152. The van der Waals surface area contributed by atoms with Crippen LogP contribution in [-0.4, -0.2) is 35.5 Å². The maximum absolute atomic E-state index is 13.8. The van der Waals surface area contributed by atoms with Gasteiger partial charge in [0.05, 0.1) is 12.3 Å². The summed E-state index contributed by atoms with van der Waals surface area (Å²) in [4.78, 5) is 26.8. The predicted molar refractivity (Wildman–Crippen MR) is 94.8 cm³/mol. The molecule has 1 aromatic rings. The molecule has 140 valence electrons. The largest absolute Gasteiger partial charge is 0.458 e. The number of carbonyl (C=O) groups is 2. The van der Waals surface area contributed by atoms with E-state index >= 15 is 0 Å². The van der Waals surface area contributed by atoms with Crippen LogP contribution >= 0.6 is 0 Å². The number of ether oxygens (including phenoxy) is 1. The number of hydrogen-bond donors (Lipinski definition) is 0. The van der Waals surface area contributed by atoms with E-state index in [2.05, 4.69) is 0 Å². The smallest absolute Gasteiger partial charge is 0.307 e. The second-order valence-corrected chi connectivity index (χ2v) is 8.07. The summed E-state index contributed by atoms with van der Waals surface area (Å²) in [7, 11) is 0. The van der Waals surface area contributed by atoms with E-state index in [0.29, 0.717) is 19.0 Å². The number of esters is 1. The molecule has 2 aliphatic heterocycles. The summed E-state index contributed by atoms with van der Waals surface area (Å²) in [5.41, 5.74) is 0.232. The summed E-state index contributed by atoms with van der Waals surface area (Å²) in [6.45, 7) is 1.39. The number of rotatable bonds is 3. The summed E-state index contributed by atoms with van der Waals surface area (Å²) in [6, 6.07) is 6.93. The lowest BCUT2D eigenvalue weighted by atomic mass is 9.83. The van der Waals surface area contributed by atoms with Crippen molar-refractivity contribution in [3.63, 3.8) is 0 Å². The molecule has 0 bridgehead atoms. The van der Waals surface area contributed by atoms with Gasteiger partial charge in [-0.3, -0.25) is 9.59 Å². The molecule has 0 aromatic heterocycles. The highest BCUT2D eigenvalue weighted by atomic mass is 19.1. The van der Waals surface area contributed by atoms with Gasteiger partial charge in [0.15, 0.2) is 0 Å². The monoisotopic (exact) mass is 359 g/mol. The number of carbonyl (C=O) groups excluding carboxylic acids is 2. The van der Waals surface area contributed by atoms with Crippen molar-refractivity contribution < 1.29 is 18.7 Å². The van der Waals surface area contributed by atoms with Crippen molar-refractivity contribution in [2.75, 3.05) is 13.1 Å². The Labute approximate surface area is 153 Å². The van der Waals surface area contributed by atoms with Crippen molar-refractivity contribution in [3.8, 4) is 0 Å². The van der Waals surface area contributed by atoms with Gasteiger partial charge in [-0.15, -0.1) is 0 Å². The molecule has 1 saturated carbocycles. The fraction of sp³-hybridized carbons (Fsp3) is 0.619. The SMILES string of the molecule is O=C1C[C@H](C(=O)N2CCC(Cc3ccccc3F)CC2)C2(CCCC2)O1. The Morgan fingerprint density at radius 2 is 1.88 bits per heavy atom. The van der Waals surface area contributed by atoms with Crippen LogP contribution in [0.1, 0.15) is 50.5 Å². The van der Waals surface area contributed by atoms with E-state index in [1.54, 1.807) is 6.07 Å². The van der Waals surface area contributed by atoms with Crippen LogP contribution in [-0.2, 0) is 20.7 Å². The van der Waals surface area contributed by atoms with E-state index < -0.39 is 5.60 Å². The quantitative estimate of drug-likeness (QED) is 0.776. The first-order valence-corrected chi connectivity index (χ1v) is 9.81. The maximum Gasteiger partial charge on any atom is 0.307 e. The van der Waals surface area contributed by atoms with E-state index in [-0.39, 0.29) is 30.0 Å². The van der Waals surface area contributed by atoms with Gasteiger partial charge in [-0.25, -0.2) is 4.39 Å². The highest BCUT2D eigenvalue weighted by Crippen LogP contribution is 2.46. The van der Waals surface area contributed by atoms with Crippen molar-refractivity contribution in [3.05, 3.63) is 35.6 Å². The van der Waals surface area contributed by atoms with E-state index in [1.165, 1.54) is 6.07 Å². The summed E-state index contributed by atoms with van der Waals surface area (Å²) in [5, 5.41) is 0. The third-order valence-corrected chi connectivity index (χ3v) is 6.46. The van der Waals surface area contributed by atoms with Gasteiger partial charge >= 0.3 is 5.97 Å². The van der Waals surface area contributed by atoms with Gasteiger partial charge in [-0.2, -0.15) is 0 Å². The third-order valence-electron chi connectivity index (χ3n) is 6.46. The fourth-order valence-electron chi connectivity index (χ4n) is 4.98. The molecule has 1 aromatic carbocycles. The van der Waals surface area contributed by atoms with Crippen LogP contribution in [0.2, 0.25) is 0 Å². The zero-order chi connectivity index (χ0) is 18.1. The highest BCUT2D eigenvalue weighted by molar-refractivity contribution is 5.88. The number of benzene rings is 1. The number of likely N-dealkylation sites (tertiary alicyclic amines) is 1. The van der Waals surface area contributed by atoms with Crippen LogP contribution in [0.5, 0.6) is 0 Å². The number of nitrogens with zero attached hydrogens (tertiary/aromatic N) is 1. The van der Waals surface area contributed by atoms with Crippen LogP contribution in [0.4, 0.5) is 4.39 Å². The Hall–Kier alpha value is -1.91. The molecule has 1 amide bonds. The molecule has 0 N–H and O–H groups in total. The molecular weight excluding hydrogens is 333 g/mol. The van der Waals surface area contributed by atoms with E-state index in [1.807, 2.05) is 17.0 Å². The molecule has 0 radical (unpaired) electrons. The van der Waals surface area contributed by atoms with Gasteiger partial charge in [-0.05, 0) is 62.5 Å². The molecule has 1 aliphatic carbocycles. The number of amides is 1. The van der Waals surface area contributed by atoms with Crippen LogP contribution in [0.3, 0.4) is 0 Å². The summed E-state index contributed by atoms with van der Waals surface area (Å²) < 4.78 is 19.5. The molecule has 4 nitrogen and oxygen atoms in total. The minimum atomic E-state index is -0.530. The Morgan fingerprint density at radius 3 is 2.58 bits per heavy atom. The first kappa shape index (κ1) is 17.5. The molecule has 2 saturated heterocycles. The summed E-state index contributed by atoms with van der Waals surface area (Å²) in [5.74, 6) is -0.184. The molecule has 4 rings (SSSR count). The Bertz CT molecular complexity index is 690. The molecule has 5 heteroatoms. The van der Waals surface area contributed by atoms with Crippen LogP contribution in [0.15, 0.2) is 24.3 Å². The van der Waals surface area contributed by atoms with E-state index in [9.17, 15) is 14.0 Å². The zero-order valence-corrected chi connectivity index (χ0v) is 15.1. The first-order chi connectivity index (χ1) is 12.6. The van der Waals surface area contributed by atoms with Gasteiger partial charge in [-0.1, -0.05) is 18.2 Å². The lowest BCUT2D eigenvalue weighted by Gasteiger charge is -2.36. The molecule has 1 atom stereocenters. The van der Waals surface area contributed by atoms with Crippen molar-refractivity contribution in [2.45, 2.75) is 57.0 Å². The predicted octanol–water partition coefficient (Wildman–Crippen LogP) is 3.48. The number of hydrogen-bond acceptors (Lipinski definition) is 3. The van der Waals surface area contributed by atoms with Gasteiger partial charge < -0.3 is 9.64 Å². The lowest BCUT2D eigenvalue weighted by Crippen LogP contribution is -2.47. The zero-order valence-electron chi connectivity index (χ0n) is 15.1. The Balaban J connectivity index is 1.36. The second-order valence-electron chi connectivity index (χ2n) is 8.07. The topological polar surface area (TPSA) is 46.6 Å². The molecule has 3 fully saturated rings. The van der Waals surface area contributed by atoms with E-state index in [4.69, 9.17) is 4.74 Å².